The van der Waals surface area contributed by atoms with Gasteiger partial charge in [0.1, 0.15) is 24.3 Å². The summed E-state index contributed by atoms with van der Waals surface area (Å²) in [6, 6.07) is 18.1. The lowest BCUT2D eigenvalue weighted by Crippen LogP contribution is -2.53. The summed E-state index contributed by atoms with van der Waals surface area (Å²) < 4.78 is 11.1. The number of benzene rings is 3. The summed E-state index contributed by atoms with van der Waals surface area (Å²) in [6.45, 7) is 5.55. The van der Waals surface area contributed by atoms with Crippen LogP contribution < -0.4 is 38.1 Å². The van der Waals surface area contributed by atoms with Gasteiger partial charge in [0.2, 0.25) is 11.8 Å². The van der Waals surface area contributed by atoms with E-state index in [9.17, 15) is 28.8 Å². The molecule has 0 bridgehead atoms. The third-order valence-electron chi connectivity index (χ3n) is 8.31. The van der Waals surface area contributed by atoms with Crippen LogP contribution >= 0.6 is 0 Å². The number of fused-ring (bicyclic) bond motifs is 3. The molecule has 0 radical (unpaired) electrons. The quantitative estimate of drug-likeness (QED) is 0.0843. The molecule has 15 nitrogen and oxygen atoms in total. The Hall–Kier alpha value is -6.12. The molecule has 2 atom stereocenters. The number of nitrogens with two attached hydrogens (primary N) is 2. The van der Waals surface area contributed by atoms with Crippen LogP contribution in [0, 0.1) is 0 Å². The van der Waals surface area contributed by atoms with Crippen molar-refractivity contribution >= 4 is 41.6 Å². The molecule has 0 saturated heterocycles. The van der Waals surface area contributed by atoms with Crippen molar-refractivity contribution in [1.29, 1.82) is 0 Å². The van der Waals surface area contributed by atoms with Crippen LogP contribution in [0.1, 0.15) is 73.9 Å². The lowest BCUT2D eigenvalue weighted by molar-refractivity contribution is -0.128. The predicted octanol–water partition coefficient (Wildman–Crippen LogP) is 3.87. The predicted molar refractivity (Wildman–Crippen MR) is 198 cm³/mol. The van der Waals surface area contributed by atoms with E-state index in [4.69, 9.17) is 20.9 Å². The highest BCUT2D eigenvalue weighted by atomic mass is 16.6. The van der Waals surface area contributed by atoms with Crippen LogP contribution in [0.5, 0.6) is 0 Å². The number of amides is 7. The van der Waals surface area contributed by atoms with Gasteiger partial charge in [-0.2, -0.15) is 0 Å². The van der Waals surface area contributed by atoms with Gasteiger partial charge in [-0.25, -0.2) is 19.2 Å². The number of primary amides is 2. The number of carbonyl (C=O) groups is 6. The van der Waals surface area contributed by atoms with E-state index in [1.807, 2.05) is 48.5 Å². The van der Waals surface area contributed by atoms with Gasteiger partial charge in [0.25, 0.3) is 0 Å². The molecule has 1 aliphatic carbocycles. The lowest BCUT2D eigenvalue weighted by atomic mass is 9.98. The monoisotopic (exact) mass is 729 g/mol. The molecule has 3 aromatic carbocycles. The first-order valence-electron chi connectivity index (χ1n) is 17.3. The number of nitrogens with one attached hydrogen (secondary N) is 5. The third-order valence-corrected chi connectivity index (χ3v) is 8.31. The Morgan fingerprint density at radius 3 is 1.72 bits per heavy atom. The summed E-state index contributed by atoms with van der Waals surface area (Å²) >= 11 is 0. The van der Waals surface area contributed by atoms with E-state index in [1.54, 1.807) is 20.8 Å². The SMILES string of the molecule is CC(C)(C)OC(=O)c1ccc(NC(=O)[C@H](CCCNC(N)=O)NC(=O)[C@H](CCCNC(N)=O)NC(=O)OCC2c3ccccc3-c3ccccc32)cc1. The second-order valence-corrected chi connectivity index (χ2v) is 13.5. The summed E-state index contributed by atoms with van der Waals surface area (Å²) in [4.78, 5) is 75.3. The van der Waals surface area contributed by atoms with E-state index in [2.05, 4.69) is 26.6 Å². The number of hydrogen-bond acceptors (Lipinski definition) is 8. The normalized spacial score (nSPS) is 13.0. The largest absolute Gasteiger partial charge is 0.456 e. The van der Waals surface area contributed by atoms with Crippen LogP contribution in [-0.4, -0.2) is 73.3 Å². The first-order chi connectivity index (χ1) is 25.2. The van der Waals surface area contributed by atoms with Crippen LogP contribution in [0.2, 0.25) is 0 Å². The molecule has 7 amide bonds. The molecule has 0 aliphatic heterocycles. The highest BCUT2D eigenvalue weighted by Crippen LogP contribution is 2.44. The van der Waals surface area contributed by atoms with Crippen LogP contribution in [0.25, 0.3) is 11.1 Å². The van der Waals surface area contributed by atoms with Gasteiger partial charge < -0.3 is 47.5 Å². The zero-order valence-electron chi connectivity index (χ0n) is 30.0. The fourth-order valence-electron chi connectivity index (χ4n) is 5.88. The summed E-state index contributed by atoms with van der Waals surface area (Å²) in [5, 5.41) is 13.0. The molecular formula is C38H47N7O8. The van der Waals surface area contributed by atoms with Crippen LogP contribution in [-0.2, 0) is 19.1 Å². The smallest absolute Gasteiger partial charge is 0.407 e. The summed E-state index contributed by atoms with van der Waals surface area (Å²) in [6.07, 6.45) is -0.152. The minimum absolute atomic E-state index is 0.0159. The Bertz CT molecular complexity index is 1750. The third kappa shape index (κ3) is 12.0. The number of anilines is 1. The molecule has 0 fully saturated rings. The Morgan fingerprint density at radius 2 is 1.21 bits per heavy atom. The van der Waals surface area contributed by atoms with Gasteiger partial charge in [-0.1, -0.05) is 48.5 Å². The molecule has 4 rings (SSSR count). The van der Waals surface area contributed by atoms with Gasteiger partial charge >= 0.3 is 24.1 Å². The van der Waals surface area contributed by atoms with Crippen molar-refractivity contribution in [3.8, 4) is 11.1 Å². The minimum Gasteiger partial charge on any atom is -0.456 e. The first-order valence-corrected chi connectivity index (χ1v) is 17.3. The number of urea groups is 2. The zero-order valence-corrected chi connectivity index (χ0v) is 30.0. The molecular weight excluding hydrogens is 682 g/mol. The molecule has 1 aliphatic rings. The molecule has 0 unspecified atom stereocenters. The second kappa shape index (κ2) is 18.4. The van der Waals surface area contributed by atoms with Crippen LogP contribution in [0.15, 0.2) is 72.8 Å². The molecule has 9 N–H and O–H groups in total. The van der Waals surface area contributed by atoms with Crippen molar-refractivity contribution in [3.05, 3.63) is 89.5 Å². The summed E-state index contributed by atoms with van der Waals surface area (Å²) in [5.41, 5.74) is 14.5. The van der Waals surface area contributed by atoms with E-state index in [-0.39, 0.29) is 56.9 Å². The second-order valence-electron chi connectivity index (χ2n) is 13.5. The van der Waals surface area contributed by atoms with Gasteiger partial charge in [0, 0.05) is 24.7 Å². The first kappa shape index (κ1) is 39.7. The number of alkyl carbamates (subject to hydrolysis) is 1. The van der Waals surface area contributed by atoms with Crippen molar-refractivity contribution < 1.29 is 38.2 Å². The highest BCUT2D eigenvalue weighted by Gasteiger charge is 2.31. The van der Waals surface area contributed by atoms with Crippen LogP contribution in [0.3, 0.4) is 0 Å². The standard InChI is InChI=1S/C38H47N7O8/c1-38(2,3)53-34(48)23-16-18-24(19-17-23)43-32(46)30(14-8-20-41-35(39)49)44-33(47)31(15-9-21-42-36(40)50)45-37(51)52-22-29-27-12-6-4-10-25(27)26-11-5-7-13-28(26)29/h4-7,10-13,16-19,29-31H,8-9,14-15,20-22H2,1-3H3,(H,43,46)(H,44,47)(H,45,51)(H3,39,41,49)(H3,40,42,50)/t30-,31-/m0/s1. The van der Waals surface area contributed by atoms with E-state index >= 15 is 0 Å². The maximum atomic E-state index is 13.7. The van der Waals surface area contributed by atoms with E-state index in [1.165, 1.54) is 24.3 Å². The fraction of sp³-hybridized carbons (Fsp3) is 0.368. The summed E-state index contributed by atoms with van der Waals surface area (Å²) in [5.74, 6) is -2.00. The van der Waals surface area contributed by atoms with Gasteiger partial charge in [-0.15, -0.1) is 0 Å². The molecule has 282 valence electrons. The van der Waals surface area contributed by atoms with Crippen molar-refractivity contribution in [1.82, 2.24) is 21.3 Å². The van der Waals surface area contributed by atoms with E-state index < -0.39 is 53.6 Å². The Labute approximate surface area is 307 Å². The highest BCUT2D eigenvalue weighted by molar-refractivity contribution is 5.99. The lowest BCUT2D eigenvalue weighted by Gasteiger charge is -2.24. The fourth-order valence-corrected chi connectivity index (χ4v) is 5.88. The van der Waals surface area contributed by atoms with Gasteiger partial charge in [-0.05, 0) is 93.0 Å². The molecule has 53 heavy (non-hydrogen) atoms. The molecule has 0 heterocycles. The number of esters is 1. The van der Waals surface area contributed by atoms with Crippen molar-refractivity contribution in [2.45, 2.75) is 70.1 Å². The van der Waals surface area contributed by atoms with E-state index in [0.29, 0.717) is 5.69 Å². The molecule has 3 aromatic rings. The van der Waals surface area contributed by atoms with Gasteiger partial charge in [-0.3, -0.25) is 9.59 Å². The van der Waals surface area contributed by atoms with Gasteiger partial charge in [0.15, 0.2) is 0 Å². The zero-order chi connectivity index (χ0) is 38.5. The maximum absolute atomic E-state index is 13.7. The number of hydrogen-bond donors (Lipinski definition) is 7. The van der Waals surface area contributed by atoms with Crippen molar-refractivity contribution in [2.75, 3.05) is 25.0 Å². The van der Waals surface area contributed by atoms with Gasteiger partial charge in [0.05, 0.1) is 5.56 Å². The Kier molecular flexibility index (Phi) is 13.8. The topological polar surface area (TPSA) is 233 Å². The van der Waals surface area contributed by atoms with Crippen molar-refractivity contribution in [3.63, 3.8) is 0 Å². The van der Waals surface area contributed by atoms with Crippen LogP contribution in [0.4, 0.5) is 20.1 Å². The average Bonchev–Trinajstić information content (AvgIpc) is 3.42. The van der Waals surface area contributed by atoms with Crippen molar-refractivity contribution in [2.24, 2.45) is 11.5 Å². The number of ether oxygens (including phenoxy) is 2. The Balaban J connectivity index is 1.45. The van der Waals surface area contributed by atoms with E-state index in [0.717, 1.165) is 22.3 Å². The maximum Gasteiger partial charge on any atom is 0.407 e. The summed E-state index contributed by atoms with van der Waals surface area (Å²) in [7, 11) is 0. The molecule has 0 spiro atoms. The number of rotatable bonds is 16. The molecule has 0 aromatic heterocycles. The Morgan fingerprint density at radius 1 is 0.698 bits per heavy atom. The molecule has 15 heteroatoms. The molecule has 0 saturated carbocycles. The number of carbonyl (C=O) groups excluding carboxylic acids is 6. The average molecular weight is 730 g/mol. The minimum atomic E-state index is -1.16.